The molecule has 0 saturated heterocycles. The SMILES string of the molecule is O=c1[nH]c2ccc(C(Br)C3C4CCCCC43)cc2[nH]c1=O. The van der Waals surface area contributed by atoms with Crippen LogP contribution < -0.4 is 11.1 Å². The van der Waals surface area contributed by atoms with E-state index >= 15 is 0 Å². The molecule has 0 aliphatic heterocycles. The van der Waals surface area contributed by atoms with Crippen LogP contribution in [0.4, 0.5) is 0 Å². The molecule has 1 aromatic carbocycles. The molecule has 0 amide bonds. The number of benzene rings is 1. The quantitative estimate of drug-likeness (QED) is 0.646. The highest BCUT2D eigenvalue weighted by Crippen LogP contribution is 2.62. The summed E-state index contributed by atoms with van der Waals surface area (Å²) in [5, 5.41) is 0. The number of rotatable bonds is 2. The molecule has 0 bridgehead atoms. The van der Waals surface area contributed by atoms with E-state index in [1.54, 1.807) is 0 Å². The molecule has 2 aliphatic carbocycles. The second-order valence-corrected chi connectivity index (χ2v) is 7.29. The largest absolute Gasteiger partial charge is 0.316 e. The highest BCUT2D eigenvalue weighted by atomic mass is 79.9. The number of halogens is 1. The minimum Gasteiger partial charge on any atom is -0.316 e. The van der Waals surface area contributed by atoms with E-state index in [1.165, 1.54) is 31.2 Å². The normalized spacial score (nSPS) is 29.1. The van der Waals surface area contributed by atoms with Gasteiger partial charge in [0.1, 0.15) is 0 Å². The smallest absolute Gasteiger partial charge is 0.314 e. The van der Waals surface area contributed by atoms with Crippen molar-refractivity contribution in [2.75, 3.05) is 0 Å². The molecule has 2 aromatic rings. The molecule has 110 valence electrons. The lowest BCUT2D eigenvalue weighted by Crippen LogP contribution is -2.28. The Kier molecular flexibility index (Phi) is 3.06. The van der Waals surface area contributed by atoms with Gasteiger partial charge in [0, 0.05) is 4.83 Å². The number of aromatic amines is 2. The molecule has 5 heteroatoms. The summed E-state index contributed by atoms with van der Waals surface area (Å²) < 4.78 is 0. The first-order valence-electron chi connectivity index (χ1n) is 7.55. The Hall–Kier alpha value is -1.36. The van der Waals surface area contributed by atoms with Crippen molar-refractivity contribution < 1.29 is 0 Å². The number of aromatic nitrogens is 2. The van der Waals surface area contributed by atoms with Crippen LogP contribution >= 0.6 is 15.9 Å². The maximum Gasteiger partial charge on any atom is 0.314 e. The number of nitrogens with one attached hydrogen (secondary N) is 2. The molecule has 4 nitrogen and oxygen atoms in total. The Morgan fingerprint density at radius 1 is 1.00 bits per heavy atom. The van der Waals surface area contributed by atoms with E-state index in [9.17, 15) is 9.59 Å². The highest BCUT2D eigenvalue weighted by molar-refractivity contribution is 9.09. The highest BCUT2D eigenvalue weighted by Gasteiger charge is 2.53. The molecule has 4 rings (SSSR count). The van der Waals surface area contributed by atoms with Gasteiger partial charge in [0.25, 0.3) is 0 Å². The van der Waals surface area contributed by atoms with Crippen LogP contribution in [-0.4, -0.2) is 9.97 Å². The van der Waals surface area contributed by atoms with Gasteiger partial charge in [-0.25, -0.2) is 0 Å². The average molecular weight is 349 g/mol. The summed E-state index contributed by atoms with van der Waals surface area (Å²) in [4.78, 5) is 28.4. The molecule has 2 fully saturated rings. The van der Waals surface area contributed by atoms with Gasteiger partial charge in [-0.05, 0) is 48.3 Å². The molecular weight excluding hydrogens is 332 g/mol. The molecule has 1 heterocycles. The monoisotopic (exact) mass is 348 g/mol. The summed E-state index contributed by atoms with van der Waals surface area (Å²) >= 11 is 3.86. The van der Waals surface area contributed by atoms with Crippen LogP contribution in [0.3, 0.4) is 0 Å². The third-order valence-electron chi connectivity index (χ3n) is 5.13. The van der Waals surface area contributed by atoms with Crippen LogP contribution in [0.2, 0.25) is 0 Å². The topological polar surface area (TPSA) is 65.7 Å². The molecule has 2 N–H and O–H groups in total. The first-order valence-corrected chi connectivity index (χ1v) is 8.47. The van der Waals surface area contributed by atoms with Gasteiger partial charge in [-0.1, -0.05) is 34.8 Å². The second-order valence-electron chi connectivity index (χ2n) is 6.30. The summed E-state index contributed by atoms with van der Waals surface area (Å²) in [5.41, 5.74) is 1.37. The molecule has 21 heavy (non-hydrogen) atoms. The first kappa shape index (κ1) is 13.3. The van der Waals surface area contributed by atoms with Gasteiger partial charge in [-0.2, -0.15) is 0 Å². The number of hydrogen-bond acceptors (Lipinski definition) is 2. The Labute approximate surface area is 130 Å². The van der Waals surface area contributed by atoms with Crippen LogP contribution in [0.1, 0.15) is 36.1 Å². The molecule has 1 aromatic heterocycles. The number of alkyl halides is 1. The van der Waals surface area contributed by atoms with E-state index in [1.807, 2.05) is 18.2 Å². The van der Waals surface area contributed by atoms with E-state index in [-0.39, 0.29) is 0 Å². The zero-order chi connectivity index (χ0) is 14.6. The van der Waals surface area contributed by atoms with E-state index in [4.69, 9.17) is 0 Å². The van der Waals surface area contributed by atoms with Crippen LogP contribution in [0.5, 0.6) is 0 Å². The standard InChI is InChI=1S/C16H17BrN2O2/c17-14(13-9-3-1-2-4-10(9)13)8-5-6-11-12(7-8)19-16(21)15(20)18-11/h5-7,9-10,13-14H,1-4H2,(H,18,20)(H,19,21). The molecule has 2 saturated carbocycles. The third-order valence-corrected chi connectivity index (χ3v) is 6.26. The fourth-order valence-corrected chi connectivity index (χ4v) is 5.08. The molecule has 0 spiro atoms. The number of fused-ring (bicyclic) bond motifs is 2. The molecule has 3 atom stereocenters. The average Bonchev–Trinajstić information content (AvgIpc) is 3.21. The number of hydrogen-bond donors (Lipinski definition) is 2. The predicted octanol–water partition coefficient (Wildman–Crippen LogP) is 3.09. The summed E-state index contributed by atoms with van der Waals surface area (Å²) in [7, 11) is 0. The van der Waals surface area contributed by atoms with Crippen molar-refractivity contribution in [1.29, 1.82) is 0 Å². The van der Waals surface area contributed by atoms with Crippen molar-refractivity contribution in [2.24, 2.45) is 17.8 Å². The zero-order valence-corrected chi connectivity index (χ0v) is 13.2. The maximum absolute atomic E-state index is 11.5. The van der Waals surface area contributed by atoms with E-state index in [0.29, 0.717) is 15.9 Å². The minimum atomic E-state index is -0.598. The maximum atomic E-state index is 11.5. The van der Waals surface area contributed by atoms with E-state index in [2.05, 4.69) is 25.9 Å². The fourth-order valence-electron chi connectivity index (χ4n) is 4.01. The lowest BCUT2D eigenvalue weighted by atomic mass is 10.0. The van der Waals surface area contributed by atoms with Gasteiger partial charge in [0.15, 0.2) is 0 Å². The first-order chi connectivity index (χ1) is 10.1. The Balaban J connectivity index is 1.69. The Morgan fingerprint density at radius 2 is 1.62 bits per heavy atom. The predicted molar refractivity (Wildman–Crippen MR) is 85.8 cm³/mol. The van der Waals surface area contributed by atoms with Crippen molar-refractivity contribution in [3.63, 3.8) is 0 Å². The molecular formula is C16H17BrN2O2. The van der Waals surface area contributed by atoms with Crippen LogP contribution in [0.15, 0.2) is 27.8 Å². The summed E-state index contributed by atoms with van der Waals surface area (Å²) in [6.45, 7) is 0. The van der Waals surface area contributed by atoms with E-state index < -0.39 is 11.1 Å². The Morgan fingerprint density at radius 3 is 2.29 bits per heavy atom. The third kappa shape index (κ3) is 2.18. The van der Waals surface area contributed by atoms with Crippen molar-refractivity contribution in [1.82, 2.24) is 9.97 Å². The minimum absolute atomic E-state index is 0.338. The second kappa shape index (κ2) is 4.83. The van der Waals surface area contributed by atoms with Crippen LogP contribution in [0, 0.1) is 17.8 Å². The lowest BCUT2D eigenvalue weighted by molar-refractivity contribution is 0.480. The molecule has 2 aliphatic rings. The summed E-state index contributed by atoms with van der Waals surface area (Å²) in [5.74, 6) is 2.46. The van der Waals surface area contributed by atoms with Gasteiger partial charge in [0.05, 0.1) is 11.0 Å². The van der Waals surface area contributed by atoms with Crippen LogP contribution in [-0.2, 0) is 0 Å². The van der Waals surface area contributed by atoms with Crippen molar-refractivity contribution in [3.8, 4) is 0 Å². The summed E-state index contributed by atoms with van der Waals surface area (Å²) in [6.07, 6.45) is 5.44. The lowest BCUT2D eigenvalue weighted by Gasteiger charge is -2.11. The molecule has 3 unspecified atom stereocenters. The van der Waals surface area contributed by atoms with Gasteiger partial charge in [-0.15, -0.1) is 0 Å². The summed E-state index contributed by atoms with van der Waals surface area (Å²) in [6, 6.07) is 5.90. The number of H-pyrrole nitrogens is 2. The van der Waals surface area contributed by atoms with Gasteiger partial charge in [0.2, 0.25) is 0 Å². The Bertz CT molecular complexity index is 798. The fraction of sp³-hybridized carbons (Fsp3) is 0.500. The van der Waals surface area contributed by atoms with Crippen molar-refractivity contribution >= 4 is 27.0 Å². The van der Waals surface area contributed by atoms with E-state index in [0.717, 1.165) is 17.8 Å². The van der Waals surface area contributed by atoms with Crippen molar-refractivity contribution in [2.45, 2.75) is 30.5 Å². The van der Waals surface area contributed by atoms with Crippen LogP contribution in [0.25, 0.3) is 11.0 Å². The van der Waals surface area contributed by atoms with Gasteiger partial charge < -0.3 is 9.97 Å². The van der Waals surface area contributed by atoms with Gasteiger partial charge >= 0.3 is 11.1 Å². The van der Waals surface area contributed by atoms with Gasteiger partial charge in [-0.3, -0.25) is 9.59 Å². The zero-order valence-electron chi connectivity index (χ0n) is 11.6. The molecule has 0 radical (unpaired) electrons. The van der Waals surface area contributed by atoms with Crippen molar-refractivity contribution in [3.05, 3.63) is 44.5 Å².